The smallest absolute Gasteiger partial charge is 0.185 e. The van der Waals surface area contributed by atoms with Gasteiger partial charge in [-0.1, -0.05) is 35.9 Å². The lowest BCUT2D eigenvalue weighted by Gasteiger charge is -1.98. The highest BCUT2D eigenvalue weighted by molar-refractivity contribution is 6.31. The van der Waals surface area contributed by atoms with Crippen LogP contribution in [0.3, 0.4) is 0 Å². The fourth-order valence-corrected chi connectivity index (χ4v) is 1.74. The van der Waals surface area contributed by atoms with E-state index in [4.69, 9.17) is 11.6 Å². The first-order chi connectivity index (χ1) is 9.08. The maximum absolute atomic E-state index is 13.4. The minimum atomic E-state index is -0.974. The van der Waals surface area contributed by atoms with Crippen LogP contribution in [0.5, 0.6) is 0 Å². The number of benzene rings is 2. The number of hydrogen-bond acceptors (Lipinski definition) is 1. The molecule has 0 bridgehead atoms. The van der Waals surface area contributed by atoms with Crippen LogP contribution in [0.1, 0.15) is 15.9 Å². The number of halogens is 3. The highest BCUT2D eigenvalue weighted by Crippen LogP contribution is 2.15. The zero-order valence-corrected chi connectivity index (χ0v) is 10.5. The second kappa shape index (κ2) is 5.76. The molecule has 0 unspecified atom stereocenters. The molecular weight excluding hydrogens is 270 g/mol. The molecule has 96 valence electrons. The standard InChI is InChI=1S/C15H9ClF2O/c16-12-5-1-4-11(9-12)14(19)8-7-10-3-2-6-13(17)15(10)18/h1-9H/b8-7+. The van der Waals surface area contributed by atoms with Crippen molar-refractivity contribution in [2.45, 2.75) is 0 Å². The van der Waals surface area contributed by atoms with Crippen LogP contribution in [-0.2, 0) is 0 Å². The van der Waals surface area contributed by atoms with Crippen LogP contribution in [0.4, 0.5) is 8.78 Å². The molecule has 0 radical (unpaired) electrons. The lowest BCUT2D eigenvalue weighted by atomic mass is 10.1. The van der Waals surface area contributed by atoms with E-state index in [9.17, 15) is 13.6 Å². The van der Waals surface area contributed by atoms with Crippen LogP contribution in [0.2, 0.25) is 5.02 Å². The van der Waals surface area contributed by atoms with Crippen LogP contribution in [0.25, 0.3) is 6.08 Å². The van der Waals surface area contributed by atoms with Crippen LogP contribution in [-0.4, -0.2) is 5.78 Å². The van der Waals surface area contributed by atoms with Gasteiger partial charge in [-0.2, -0.15) is 0 Å². The molecule has 0 N–H and O–H groups in total. The first-order valence-corrected chi connectivity index (χ1v) is 5.88. The van der Waals surface area contributed by atoms with E-state index in [1.165, 1.54) is 30.4 Å². The molecule has 0 aliphatic rings. The Hall–Kier alpha value is -2.00. The molecule has 0 spiro atoms. The Kier molecular flexibility index (Phi) is 4.07. The van der Waals surface area contributed by atoms with Crippen LogP contribution >= 0.6 is 11.6 Å². The SMILES string of the molecule is O=C(/C=C/c1cccc(F)c1F)c1cccc(Cl)c1. The predicted octanol–water partition coefficient (Wildman–Crippen LogP) is 4.51. The Morgan fingerprint density at radius 1 is 1.11 bits per heavy atom. The fraction of sp³-hybridized carbons (Fsp3) is 0. The maximum atomic E-state index is 13.4. The molecule has 0 heterocycles. The molecule has 2 aromatic carbocycles. The molecule has 2 aromatic rings. The van der Waals surface area contributed by atoms with Crippen molar-refractivity contribution in [1.82, 2.24) is 0 Å². The number of carbonyl (C=O) groups excluding carboxylic acids is 1. The molecule has 0 atom stereocenters. The molecule has 19 heavy (non-hydrogen) atoms. The Balaban J connectivity index is 2.23. The third kappa shape index (κ3) is 3.26. The summed E-state index contributed by atoms with van der Waals surface area (Å²) in [5.74, 6) is -2.25. The minimum absolute atomic E-state index is 0.0235. The minimum Gasteiger partial charge on any atom is -0.289 e. The largest absolute Gasteiger partial charge is 0.289 e. The summed E-state index contributed by atoms with van der Waals surface area (Å²) in [4.78, 5) is 11.8. The zero-order valence-electron chi connectivity index (χ0n) is 9.74. The topological polar surface area (TPSA) is 17.1 Å². The molecule has 0 saturated heterocycles. The lowest BCUT2D eigenvalue weighted by Crippen LogP contribution is -1.94. The van der Waals surface area contributed by atoms with E-state index in [2.05, 4.69) is 0 Å². The first kappa shape index (κ1) is 13.4. The van der Waals surface area contributed by atoms with Gasteiger partial charge in [0.2, 0.25) is 0 Å². The molecule has 0 aliphatic heterocycles. The number of rotatable bonds is 3. The van der Waals surface area contributed by atoms with Gasteiger partial charge in [0.1, 0.15) is 0 Å². The van der Waals surface area contributed by atoms with Gasteiger partial charge in [0, 0.05) is 16.1 Å². The van der Waals surface area contributed by atoms with Crippen LogP contribution in [0.15, 0.2) is 48.5 Å². The molecule has 0 aromatic heterocycles. The van der Waals surface area contributed by atoms with E-state index >= 15 is 0 Å². The van der Waals surface area contributed by atoms with Gasteiger partial charge in [0.15, 0.2) is 17.4 Å². The Morgan fingerprint density at radius 2 is 1.84 bits per heavy atom. The average molecular weight is 279 g/mol. The second-order valence-corrected chi connectivity index (χ2v) is 4.29. The van der Waals surface area contributed by atoms with Gasteiger partial charge in [-0.05, 0) is 30.4 Å². The normalized spacial score (nSPS) is 10.9. The van der Waals surface area contributed by atoms with E-state index in [1.807, 2.05) is 0 Å². The third-order valence-corrected chi connectivity index (χ3v) is 2.74. The van der Waals surface area contributed by atoms with Crippen LogP contribution in [0, 0.1) is 11.6 Å². The highest BCUT2D eigenvalue weighted by atomic mass is 35.5. The molecule has 4 heteroatoms. The summed E-state index contributed by atoms with van der Waals surface area (Å²) in [6, 6.07) is 10.2. The van der Waals surface area contributed by atoms with Gasteiger partial charge in [0.05, 0.1) is 0 Å². The summed E-state index contributed by atoms with van der Waals surface area (Å²) in [5, 5.41) is 0.441. The van der Waals surface area contributed by atoms with Gasteiger partial charge in [-0.3, -0.25) is 4.79 Å². The van der Waals surface area contributed by atoms with Crippen molar-refractivity contribution in [2.24, 2.45) is 0 Å². The molecule has 0 amide bonds. The summed E-state index contributed by atoms with van der Waals surface area (Å²) in [6.45, 7) is 0. The van der Waals surface area contributed by atoms with Crippen LogP contribution < -0.4 is 0 Å². The van der Waals surface area contributed by atoms with Gasteiger partial charge in [0.25, 0.3) is 0 Å². The van der Waals surface area contributed by atoms with Crippen molar-refractivity contribution in [3.8, 4) is 0 Å². The third-order valence-electron chi connectivity index (χ3n) is 2.50. The zero-order chi connectivity index (χ0) is 13.8. The summed E-state index contributed by atoms with van der Waals surface area (Å²) < 4.78 is 26.3. The van der Waals surface area contributed by atoms with E-state index in [1.54, 1.807) is 18.2 Å². The summed E-state index contributed by atoms with van der Waals surface area (Å²) in [7, 11) is 0. The molecule has 1 nitrogen and oxygen atoms in total. The van der Waals surface area contributed by atoms with Gasteiger partial charge in [-0.25, -0.2) is 8.78 Å². The molecule has 2 rings (SSSR count). The van der Waals surface area contributed by atoms with E-state index in [-0.39, 0.29) is 11.3 Å². The maximum Gasteiger partial charge on any atom is 0.185 e. The van der Waals surface area contributed by atoms with Gasteiger partial charge < -0.3 is 0 Å². The lowest BCUT2D eigenvalue weighted by molar-refractivity contribution is 0.104. The first-order valence-electron chi connectivity index (χ1n) is 5.50. The Bertz CT molecular complexity index is 650. The van der Waals surface area contributed by atoms with Crippen molar-refractivity contribution >= 4 is 23.5 Å². The van der Waals surface area contributed by atoms with Crippen molar-refractivity contribution in [3.05, 3.63) is 76.3 Å². The monoisotopic (exact) mass is 278 g/mol. The van der Waals surface area contributed by atoms with E-state index in [0.29, 0.717) is 10.6 Å². The Labute approximate surface area is 114 Å². The number of hydrogen-bond donors (Lipinski definition) is 0. The van der Waals surface area contributed by atoms with E-state index in [0.717, 1.165) is 6.07 Å². The number of carbonyl (C=O) groups is 1. The number of ketones is 1. The summed E-state index contributed by atoms with van der Waals surface area (Å²) >= 11 is 5.77. The van der Waals surface area contributed by atoms with Gasteiger partial charge >= 0.3 is 0 Å². The summed E-state index contributed by atoms with van der Waals surface area (Å²) in [6.07, 6.45) is 2.42. The summed E-state index contributed by atoms with van der Waals surface area (Å²) in [5.41, 5.74) is 0.413. The van der Waals surface area contributed by atoms with Crippen molar-refractivity contribution in [2.75, 3.05) is 0 Å². The molecular formula is C15H9ClF2O. The fourth-order valence-electron chi connectivity index (χ4n) is 1.55. The predicted molar refractivity (Wildman–Crippen MR) is 71.2 cm³/mol. The highest BCUT2D eigenvalue weighted by Gasteiger charge is 2.06. The molecule has 0 saturated carbocycles. The number of allylic oxidation sites excluding steroid dienone is 1. The van der Waals surface area contributed by atoms with E-state index < -0.39 is 11.6 Å². The van der Waals surface area contributed by atoms with Crippen molar-refractivity contribution in [3.63, 3.8) is 0 Å². The van der Waals surface area contributed by atoms with Gasteiger partial charge in [-0.15, -0.1) is 0 Å². The molecule has 0 fully saturated rings. The average Bonchev–Trinajstić information content (AvgIpc) is 2.40. The quantitative estimate of drug-likeness (QED) is 0.596. The van der Waals surface area contributed by atoms with Crippen molar-refractivity contribution in [1.29, 1.82) is 0 Å². The van der Waals surface area contributed by atoms with Crippen molar-refractivity contribution < 1.29 is 13.6 Å². The Morgan fingerprint density at radius 3 is 2.58 bits per heavy atom. The molecule has 0 aliphatic carbocycles. The second-order valence-electron chi connectivity index (χ2n) is 3.85.